The number of aryl methyl sites for hydroxylation is 1. The van der Waals surface area contributed by atoms with Crippen LogP contribution >= 0.6 is 0 Å². The molecule has 2 rings (SSSR count). The Balaban J connectivity index is 1.84. The average molecular weight is 218 g/mol. The van der Waals surface area contributed by atoms with Gasteiger partial charge in [-0.3, -0.25) is 0 Å². The van der Waals surface area contributed by atoms with E-state index in [-0.39, 0.29) is 0 Å². The Kier molecular flexibility index (Phi) is 3.83. The van der Waals surface area contributed by atoms with Crippen LogP contribution in [-0.4, -0.2) is 27.2 Å². The molecular formula is C14H22N2. The van der Waals surface area contributed by atoms with Gasteiger partial charge in [-0.2, -0.15) is 0 Å². The quantitative estimate of drug-likeness (QED) is 0.834. The first kappa shape index (κ1) is 11.5. The Bertz CT molecular complexity index is 310. The van der Waals surface area contributed by atoms with Crippen molar-refractivity contribution >= 4 is 5.69 Å². The van der Waals surface area contributed by atoms with Gasteiger partial charge in [0.25, 0.3) is 0 Å². The van der Waals surface area contributed by atoms with Crippen molar-refractivity contribution in [3.8, 4) is 0 Å². The molecular weight excluding hydrogens is 196 g/mol. The van der Waals surface area contributed by atoms with Crippen LogP contribution in [0.4, 0.5) is 5.69 Å². The zero-order valence-electron chi connectivity index (χ0n) is 10.4. The summed E-state index contributed by atoms with van der Waals surface area (Å²) in [7, 11) is 4.17. The van der Waals surface area contributed by atoms with Crippen LogP contribution in [0.1, 0.15) is 18.4 Å². The molecule has 16 heavy (non-hydrogen) atoms. The van der Waals surface area contributed by atoms with Crippen LogP contribution in [0.25, 0.3) is 0 Å². The van der Waals surface area contributed by atoms with E-state index in [2.05, 4.69) is 48.6 Å². The molecule has 2 heteroatoms. The van der Waals surface area contributed by atoms with Crippen LogP contribution in [0, 0.1) is 5.92 Å². The molecule has 1 N–H and O–H groups in total. The van der Waals surface area contributed by atoms with Gasteiger partial charge in [0.05, 0.1) is 0 Å². The zero-order valence-corrected chi connectivity index (χ0v) is 10.4. The lowest BCUT2D eigenvalue weighted by Gasteiger charge is -2.13. The summed E-state index contributed by atoms with van der Waals surface area (Å²) in [6.07, 6.45) is 3.91. The van der Waals surface area contributed by atoms with Gasteiger partial charge in [-0.25, -0.2) is 0 Å². The summed E-state index contributed by atoms with van der Waals surface area (Å²) in [5.41, 5.74) is 2.75. The average Bonchev–Trinajstić information content (AvgIpc) is 2.80. The number of benzene rings is 1. The van der Waals surface area contributed by atoms with Crippen molar-refractivity contribution < 1.29 is 0 Å². The fourth-order valence-corrected chi connectivity index (χ4v) is 2.29. The summed E-state index contributed by atoms with van der Waals surface area (Å²) in [6, 6.07) is 8.94. The minimum atomic E-state index is 0.897. The number of anilines is 1. The first-order chi connectivity index (χ1) is 7.75. The lowest BCUT2D eigenvalue weighted by Crippen LogP contribution is -2.10. The highest BCUT2D eigenvalue weighted by Gasteiger charge is 2.13. The van der Waals surface area contributed by atoms with Gasteiger partial charge >= 0.3 is 0 Å². The van der Waals surface area contributed by atoms with Crippen molar-refractivity contribution in [1.29, 1.82) is 0 Å². The molecule has 88 valence electrons. The lowest BCUT2D eigenvalue weighted by molar-refractivity contribution is 0.533. The van der Waals surface area contributed by atoms with Gasteiger partial charge in [-0.05, 0) is 56.0 Å². The summed E-state index contributed by atoms with van der Waals surface area (Å²) >= 11 is 0. The molecule has 1 atom stereocenters. The third-order valence-corrected chi connectivity index (χ3v) is 3.46. The molecule has 1 aromatic rings. The van der Waals surface area contributed by atoms with Crippen LogP contribution < -0.4 is 10.2 Å². The first-order valence-electron chi connectivity index (χ1n) is 6.22. The topological polar surface area (TPSA) is 15.3 Å². The van der Waals surface area contributed by atoms with E-state index in [0.29, 0.717) is 0 Å². The molecule has 0 aromatic heterocycles. The van der Waals surface area contributed by atoms with E-state index in [1.54, 1.807) is 0 Å². The Morgan fingerprint density at radius 1 is 1.25 bits per heavy atom. The Morgan fingerprint density at radius 3 is 2.56 bits per heavy atom. The molecule has 0 amide bonds. The summed E-state index contributed by atoms with van der Waals surface area (Å²) in [5, 5.41) is 3.43. The van der Waals surface area contributed by atoms with Crippen LogP contribution in [0.15, 0.2) is 24.3 Å². The van der Waals surface area contributed by atoms with E-state index in [1.807, 2.05) is 0 Å². The Morgan fingerprint density at radius 2 is 2.00 bits per heavy atom. The van der Waals surface area contributed by atoms with Gasteiger partial charge in [-0.1, -0.05) is 12.1 Å². The Hall–Kier alpha value is -1.02. The van der Waals surface area contributed by atoms with Crippen molar-refractivity contribution in [3.63, 3.8) is 0 Å². The van der Waals surface area contributed by atoms with Gasteiger partial charge in [0.15, 0.2) is 0 Å². The number of nitrogens with zero attached hydrogens (tertiary/aromatic N) is 1. The second-order valence-corrected chi connectivity index (χ2v) is 4.96. The predicted octanol–water partition coefficient (Wildman–Crippen LogP) is 2.29. The molecule has 1 saturated heterocycles. The summed E-state index contributed by atoms with van der Waals surface area (Å²) in [6.45, 7) is 2.43. The molecule has 1 aliphatic heterocycles. The summed E-state index contributed by atoms with van der Waals surface area (Å²) in [5.74, 6) is 0.897. The van der Waals surface area contributed by atoms with E-state index >= 15 is 0 Å². The molecule has 1 aliphatic rings. The maximum absolute atomic E-state index is 3.43. The van der Waals surface area contributed by atoms with Gasteiger partial charge < -0.3 is 10.2 Å². The normalized spacial score (nSPS) is 20.0. The lowest BCUT2D eigenvalue weighted by atomic mass is 9.99. The van der Waals surface area contributed by atoms with Gasteiger partial charge in [0.2, 0.25) is 0 Å². The SMILES string of the molecule is CN(C)c1ccc(CCC2CCNC2)cc1. The second-order valence-electron chi connectivity index (χ2n) is 4.96. The molecule has 1 aromatic carbocycles. The fraction of sp³-hybridized carbons (Fsp3) is 0.571. The highest BCUT2D eigenvalue weighted by atomic mass is 15.1. The van der Waals surface area contributed by atoms with Crippen molar-refractivity contribution in [2.75, 3.05) is 32.1 Å². The molecule has 0 bridgehead atoms. The van der Waals surface area contributed by atoms with Crippen LogP contribution in [0.3, 0.4) is 0 Å². The third-order valence-electron chi connectivity index (χ3n) is 3.46. The standard InChI is InChI=1S/C14H22N2/c1-16(2)14-7-5-12(6-8-14)3-4-13-9-10-15-11-13/h5-8,13,15H,3-4,9-11H2,1-2H3. The minimum Gasteiger partial charge on any atom is -0.378 e. The minimum absolute atomic E-state index is 0.897. The maximum Gasteiger partial charge on any atom is 0.0361 e. The first-order valence-corrected chi connectivity index (χ1v) is 6.22. The number of nitrogens with one attached hydrogen (secondary N) is 1. The predicted molar refractivity (Wildman–Crippen MR) is 70.1 cm³/mol. The van der Waals surface area contributed by atoms with E-state index in [9.17, 15) is 0 Å². The zero-order chi connectivity index (χ0) is 11.4. The van der Waals surface area contributed by atoms with Gasteiger partial charge in [0.1, 0.15) is 0 Å². The molecule has 0 radical (unpaired) electrons. The monoisotopic (exact) mass is 218 g/mol. The summed E-state index contributed by atoms with van der Waals surface area (Å²) < 4.78 is 0. The maximum atomic E-state index is 3.43. The molecule has 0 aliphatic carbocycles. The number of hydrogen-bond donors (Lipinski definition) is 1. The molecule has 1 unspecified atom stereocenters. The van der Waals surface area contributed by atoms with E-state index in [0.717, 1.165) is 5.92 Å². The van der Waals surface area contributed by atoms with Crippen LogP contribution in [0.5, 0.6) is 0 Å². The molecule has 0 spiro atoms. The summed E-state index contributed by atoms with van der Waals surface area (Å²) in [4.78, 5) is 2.14. The number of hydrogen-bond acceptors (Lipinski definition) is 2. The van der Waals surface area contributed by atoms with Crippen molar-refractivity contribution in [2.45, 2.75) is 19.3 Å². The van der Waals surface area contributed by atoms with E-state index < -0.39 is 0 Å². The van der Waals surface area contributed by atoms with E-state index in [4.69, 9.17) is 0 Å². The highest BCUT2D eigenvalue weighted by molar-refractivity contribution is 5.45. The van der Waals surface area contributed by atoms with Crippen LogP contribution in [-0.2, 0) is 6.42 Å². The van der Waals surface area contributed by atoms with Gasteiger partial charge in [0, 0.05) is 19.8 Å². The second kappa shape index (κ2) is 5.35. The molecule has 2 nitrogen and oxygen atoms in total. The molecule has 1 fully saturated rings. The van der Waals surface area contributed by atoms with Crippen molar-refractivity contribution in [1.82, 2.24) is 5.32 Å². The van der Waals surface area contributed by atoms with Gasteiger partial charge in [-0.15, -0.1) is 0 Å². The van der Waals surface area contributed by atoms with Crippen LogP contribution in [0.2, 0.25) is 0 Å². The highest BCUT2D eigenvalue weighted by Crippen LogP contribution is 2.18. The smallest absolute Gasteiger partial charge is 0.0361 e. The molecule has 1 heterocycles. The van der Waals surface area contributed by atoms with Crippen molar-refractivity contribution in [3.05, 3.63) is 29.8 Å². The fourth-order valence-electron chi connectivity index (χ4n) is 2.29. The Labute approximate surface area is 98.7 Å². The van der Waals surface area contributed by atoms with Crippen molar-refractivity contribution in [2.24, 2.45) is 5.92 Å². The number of rotatable bonds is 4. The third kappa shape index (κ3) is 2.99. The largest absolute Gasteiger partial charge is 0.378 e. The molecule has 0 saturated carbocycles. The van der Waals surface area contributed by atoms with E-state index in [1.165, 1.54) is 43.6 Å².